The zero-order valence-electron chi connectivity index (χ0n) is 9.43. The zero-order chi connectivity index (χ0) is 12.3. The molecule has 5 heteroatoms. The Morgan fingerprint density at radius 1 is 1.29 bits per heavy atom. The van der Waals surface area contributed by atoms with Crippen LogP contribution >= 0.6 is 15.9 Å². The second kappa shape index (κ2) is 5.58. The van der Waals surface area contributed by atoms with Gasteiger partial charge in [0, 0.05) is 30.4 Å². The predicted octanol–water partition coefficient (Wildman–Crippen LogP) is 2.58. The van der Waals surface area contributed by atoms with Gasteiger partial charge in [0.15, 0.2) is 5.81 Å². The van der Waals surface area contributed by atoms with E-state index in [1.54, 1.807) is 4.90 Å². The molecule has 1 saturated heterocycles. The summed E-state index contributed by atoms with van der Waals surface area (Å²) < 4.78 is 6.87. The monoisotopic (exact) mass is 293 g/mol. The van der Waals surface area contributed by atoms with Crippen LogP contribution in [0.5, 0.6) is 5.75 Å². The number of rotatable bonds is 2. The molecule has 1 aliphatic heterocycles. The SMILES string of the molecule is [B]C(=O)N1CCC(Oc2ccc(Br)cc2)CC1. The largest absolute Gasteiger partial charge is 0.490 e. The molecule has 0 aromatic heterocycles. The van der Waals surface area contributed by atoms with Crippen LogP contribution < -0.4 is 4.74 Å². The van der Waals surface area contributed by atoms with Crippen molar-refractivity contribution in [1.82, 2.24) is 4.90 Å². The molecule has 2 radical (unpaired) electrons. The van der Waals surface area contributed by atoms with Gasteiger partial charge in [-0.25, -0.2) is 0 Å². The number of hydrogen-bond donors (Lipinski definition) is 0. The Kier molecular flexibility index (Phi) is 4.10. The standard InChI is InChI=1S/C12H13BBrNO2/c13-12(16)15-7-5-11(6-8-15)17-10-3-1-9(14)2-4-10/h1-4,11H,5-8H2. The van der Waals surface area contributed by atoms with Crippen LogP contribution in [-0.4, -0.2) is 37.7 Å². The Labute approximate surface area is 111 Å². The third-order valence-electron chi connectivity index (χ3n) is 2.87. The number of likely N-dealkylation sites (tertiary alicyclic amines) is 1. The highest BCUT2D eigenvalue weighted by molar-refractivity contribution is 9.10. The molecule has 1 amide bonds. The molecular formula is C12H13BBrNO2. The Morgan fingerprint density at radius 2 is 1.88 bits per heavy atom. The Hall–Kier alpha value is -0.965. The maximum Gasteiger partial charge on any atom is 0.200 e. The van der Waals surface area contributed by atoms with Gasteiger partial charge in [0.25, 0.3) is 0 Å². The van der Waals surface area contributed by atoms with Gasteiger partial charge in [-0.2, -0.15) is 0 Å². The van der Waals surface area contributed by atoms with Crippen LogP contribution in [0.15, 0.2) is 28.7 Å². The fourth-order valence-corrected chi connectivity index (χ4v) is 2.16. The van der Waals surface area contributed by atoms with E-state index in [9.17, 15) is 4.79 Å². The molecule has 1 aromatic rings. The molecule has 1 heterocycles. The third-order valence-corrected chi connectivity index (χ3v) is 3.40. The summed E-state index contributed by atoms with van der Waals surface area (Å²) in [6.07, 6.45) is 1.84. The highest BCUT2D eigenvalue weighted by atomic mass is 79.9. The maximum absolute atomic E-state index is 11.0. The molecule has 17 heavy (non-hydrogen) atoms. The van der Waals surface area contributed by atoms with Crippen LogP contribution in [0.4, 0.5) is 4.79 Å². The van der Waals surface area contributed by atoms with Crippen LogP contribution in [-0.2, 0) is 0 Å². The van der Waals surface area contributed by atoms with Crippen LogP contribution in [0.2, 0.25) is 0 Å². The van der Waals surface area contributed by atoms with Crippen molar-refractivity contribution in [3.05, 3.63) is 28.7 Å². The summed E-state index contributed by atoms with van der Waals surface area (Å²) in [6.45, 7) is 1.35. The highest BCUT2D eigenvalue weighted by Gasteiger charge is 2.21. The lowest BCUT2D eigenvalue weighted by Gasteiger charge is -2.31. The number of hydrogen-bond acceptors (Lipinski definition) is 2. The molecule has 1 aliphatic rings. The minimum absolute atomic E-state index is 0.173. The number of benzene rings is 1. The zero-order valence-corrected chi connectivity index (χ0v) is 11.0. The van der Waals surface area contributed by atoms with Crippen LogP contribution in [0.3, 0.4) is 0 Å². The summed E-state index contributed by atoms with van der Waals surface area (Å²) in [5.41, 5.74) is 0. The van der Waals surface area contributed by atoms with Gasteiger partial charge < -0.3 is 9.64 Å². The Bertz CT molecular complexity index is 388. The summed E-state index contributed by atoms with van der Waals surface area (Å²) in [4.78, 5) is 12.6. The van der Waals surface area contributed by atoms with Crippen molar-refractivity contribution in [2.45, 2.75) is 18.9 Å². The molecule has 0 atom stereocenters. The molecule has 0 bridgehead atoms. The first kappa shape index (κ1) is 12.5. The van der Waals surface area contributed by atoms with Gasteiger partial charge >= 0.3 is 0 Å². The van der Waals surface area contributed by atoms with E-state index >= 15 is 0 Å². The average molecular weight is 294 g/mol. The Balaban J connectivity index is 1.85. The van der Waals surface area contributed by atoms with E-state index in [1.165, 1.54) is 0 Å². The van der Waals surface area contributed by atoms with Crippen molar-refractivity contribution in [3.63, 3.8) is 0 Å². The second-order valence-electron chi connectivity index (χ2n) is 4.10. The highest BCUT2D eigenvalue weighted by Crippen LogP contribution is 2.21. The summed E-state index contributed by atoms with van der Waals surface area (Å²) in [5.74, 6) is 0.526. The first-order valence-electron chi connectivity index (χ1n) is 5.62. The van der Waals surface area contributed by atoms with Gasteiger partial charge in [0.05, 0.1) is 0 Å². The first-order valence-corrected chi connectivity index (χ1v) is 6.41. The molecule has 0 unspecified atom stereocenters. The van der Waals surface area contributed by atoms with E-state index in [4.69, 9.17) is 12.6 Å². The summed E-state index contributed by atoms with van der Waals surface area (Å²) in [6, 6.07) is 7.77. The molecule has 0 spiro atoms. The van der Waals surface area contributed by atoms with Crippen LogP contribution in [0.1, 0.15) is 12.8 Å². The lowest BCUT2D eigenvalue weighted by Crippen LogP contribution is -2.41. The summed E-state index contributed by atoms with van der Waals surface area (Å²) >= 11 is 3.38. The molecule has 88 valence electrons. The van der Waals surface area contributed by atoms with Crippen molar-refractivity contribution in [2.75, 3.05) is 13.1 Å². The van der Waals surface area contributed by atoms with Gasteiger partial charge in [-0.1, -0.05) is 15.9 Å². The van der Waals surface area contributed by atoms with E-state index in [2.05, 4.69) is 15.9 Å². The lowest BCUT2D eigenvalue weighted by molar-refractivity contribution is 0.118. The number of halogens is 1. The number of carbonyl (C=O) groups excluding carboxylic acids is 1. The van der Waals surface area contributed by atoms with Gasteiger partial charge in [0.2, 0.25) is 7.85 Å². The van der Waals surface area contributed by atoms with Crippen molar-refractivity contribution in [1.29, 1.82) is 0 Å². The van der Waals surface area contributed by atoms with Crippen molar-refractivity contribution >= 4 is 29.6 Å². The fraction of sp³-hybridized carbons (Fsp3) is 0.417. The van der Waals surface area contributed by atoms with Crippen molar-refractivity contribution in [3.8, 4) is 5.75 Å². The predicted molar refractivity (Wildman–Crippen MR) is 70.5 cm³/mol. The van der Waals surface area contributed by atoms with E-state index in [0.29, 0.717) is 13.1 Å². The third kappa shape index (κ3) is 3.50. The van der Waals surface area contributed by atoms with Gasteiger partial charge in [0.1, 0.15) is 11.9 Å². The van der Waals surface area contributed by atoms with Crippen LogP contribution in [0, 0.1) is 0 Å². The fourth-order valence-electron chi connectivity index (χ4n) is 1.90. The van der Waals surface area contributed by atoms with Gasteiger partial charge in [-0.3, -0.25) is 4.79 Å². The number of carbonyl (C=O) groups is 1. The normalized spacial score (nSPS) is 16.9. The molecule has 3 nitrogen and oxygen atoms in total. The minimum Gasteiger partial charge on any atom is -0.490 e. The maximum atomic E-state index is 11.0. The molecule has 0 N–H and O–H groups in total. The lowest BCUT2D eigenvalue weighted by atomic mass is 10.0. The number of ether oxygens (including phenoxy) is 1. The number of amides is 1. The summed E-state index contributed by atoms with van der Waals surface area (Å²) in [5, 5.41) is 0. The topological polar surface area (TPSA) is 29.5 Å². The Morgan fingerprint density at radius 3 is 2.41 bits per heavy atom. The average Bonchev–Trinajstić information content (AvgIpc) is 2.33. The summed E-state index contributed by atoms with van der Waals surface area (Å²) in [7, 11) is 5.22. The quantitative estimate of drug-likeness (QED) is 0.785. The first-order chi connectivity index (χ1) is 8.15. The smallest absolute Gasteiger partial charge is 0.200 e. The number of nitrogens with zero attached hydrogens (tertiary/aromatic N) is 1. The second-order valence-corrected chi connectivity index (χ2v) is 5.01. The molecular weight excluding hydrogens is 281 g/mol. The molecule has 1 fully saturated rings. The molecule has 0 aliphatic carbocycles. The number of piperidine rings is 1. The van der Waals surface area contributed by atoms with E-state index < -0.39 is 0 Å². The molecule has 0 saturated carbocycles. The minimum atomic E-state index is -0.341. The van der Waals surface area contributed by atoms with E-state index in [-0.39, 0.29) is 11.9 Å². The van der Waals surface area contributed by atoms with E-state index in [0.717, 1.165) is 23.1 Å². The van der Waals surface area contributed by atoms with E-state index in [1.807, 2.05) is 24.3 Å². The van der Waals surface area contributed by atoms with Crippen molar-refractivity contribution in [2.24, 2.45) is 0 Å². The molecule has 2 rings (SSSR count). The van der Waals surface area contributed by atoms with Crippen molar-refractivity contribution < 1.29 is 9.53 Å². The van der Waals surface area contributed by atoms with Gasteiger partial charge in [-0.15, -0.1) is 0 Å². The molecule has 1 aromatic carbocycles. The van der Waals surface area contributed by atoms with Gasteiger partial charge in [-0.05, 0) is 24.3 Å². The van der Waals surface area contributed by atoms with Crippen LogP contribution in [0.25, 0.3) is 0 Å².